The highest BCUT2D eigenvalue weighted by Gasteiger charge is 2.11. The molecule has 106 valence electrons. The molecular formula is C13H10Cl2FNO3. The second-order valence-corrected chi connectivity index (χ2v) is 4.72. The Labute approximate surface area is 124 Å². The molecule has 0 spiro atoms. The van der Waals surface area contributed by atoms with Crippen molar-refractivity contribution in [2.45, 2.75) is 6.54 Å². The average molecular weight is 318 g/mol. The van der Waals surface area contributed by atoms with Crippen LogP contribution < -0.4 is 5.32 Å². The van der Waals surface area contributed by atoms with Gasteiger partial charge in [-0.1, -0.05) is 23.2 Å². The van der Waals surface area contributed by atoms with Crippen LogP contribution in [-0.2, 0) is 11.3 Å². The van der Waals surface area contributed by atoms with Gasteiger partial charge in [0.2, 0.25) is 0 Å². The molecule has 0 aliphatic heterocycles. The summed E-state index contributed by atoms with van der Waals surface area (Å²) in [4.78, 5) is 11.2. The normalized spacial score (nSPS) is 10.4. The van der Waals surface area contributed by atoms with Crippen molar-refractivity contribution in [1.29, 1.82) is 0 Å². The van der Waals surface area contributed by atoms with E-state index < -0.39 is 11.8 Å². The van der Waals surface area contributed by atoms with Crippen LogP contribution in [0.4, 0.5) is 10.1 Å². The number of esters is 1. The first-order valence-electron chi connectivity index (χ1n) is 5.55. The van der Waals surface area contributed by atoms with E-state index in [1.54, 1.807) is 6.07 Å². The average Bonchev–Trinajstić information content (AvgIpc) is 2.90. The molecule has 0 bridgehead atoms. The minimum absolute atomic E-state index is 0.0744. The standard InChI is InChI=1S/C13H10Cl2FNO3/c1-19-13(18)7-2-9(20-6-7)5-17-8-3-10(14)12(16)11(15)4-8/h2-4,6,17H,5H2,1H3. The van der Waals surface area contributed by atoms with E-state index >= 15 is 0 Å². The van der Waals surface area contributed by atoms with Crippen LogP contribution in [0.1, 0.15) is 16.1 Å². The molecule has 0 radical (unpaired) electrons. The first-order chi connectivity index (χ1) is 9.51. The maximum atomic E-state index is 13.2. The van der Waals surface area contributed by atoms with Crippen molar-refractivity contribution in [1.82, 2.24) is 0 Å². The Balaban J connectivity index is 2.05. The largest absolute Gasteiger partial charge is 0.467 e. The number of ether oxygens (including phenoxy) is 1. The van der Waals surface area contributed by atoms with Gasteiger partial charge in [0.1, 0.15) is 12.0 Å². The zero-order chi connectivity index (χ0) is 14.7. The zero-order valence-corrected chi connectivity index (χ0v) is 11.9. The lowest BCUT2D eigenvalue weighted by atomic mass is 10.3. The van der Waals surface area contributed by atoms with Crippen molar-refractivity contribution in [2.75, 3.05) is 12.4 Å². The van der Waals surface area contributed by atoms with Crippen molar-refractivity contribution in [3.63, 3.8) is 0 Å². The number of benzene rings is 1. The number of halogens is 3. The lowest BCUT2D eigenvalue weighted by Crippen LogP contribution is -2.00. The SMILES string of the molecule is COC(=O)c1coc(CNc2cc(Cl)c(F)c(Cl)c2)c1. The third-order valence-electron chi connectivity index (χ3n) is 2.53. The van der Waals surface area contributed by atoms with E-state index in [1.807, 2.05) is 0 Å². The van der Waals surface area contributed by atoms with Crippen LogP contribution in [0.15, 0.2) is 28.9 Å². The van der Waals surface area contributed by atoms with Gasteiger partial charge in [-0.25, -0.2) is 9.18 Å². The molecule has 4 nitrogen and oxygen atoms in total. The molecule has 0 saturated carbocycles. The third-order valence-corrected chi connectivity index (χ3v) is 3.08. The number of nitrogens with one attached hydrogen (secondary N) is 1. The molecule has 0 aliphatic rings. The number of hydrogen-bond donors (Lipinski definition) is 1. The van der Waals surface area contributed by atoms with Crippen molar-refractivity contribution < 1.29 is 18.3 Å². The van der Waals surface area contributed by atoms with Crippen LogP contribution in [0, 0.1) is 5.82 Å². The topological polar surface area (TPSA) is 51.5 Å². The van der Waals surface area contributed by atoms with E-state index in [4.69, 9.17) is 27.6 Å². The highest BCUT2D eigenvalue weighted by atomic mass is 35.5. The zero-order valence-electron chi connectivity index (χ0n) is 10.4. The molecule has 20 heavy (non-hydrogen) atoms. The summed E-state index contributed by atoms with van der Waals surface area (Å²) in [6, 6.07) is 4.37. The molecule has 0 fully saturated rings. The van der Waals surface area contributed by atoms with Crippen molar-refractivity contribution >= 4 is 34.9 Å². The predicted molar refractivity (Wildman–Crippen MR) is 73.8 cm³/mol. The summed E-state index contributed by atoms with van der Waals surface area (Å²) in [5.74, 6) is -0.625. The Morgan fingerprint density at radius 1 is 1.35 bits per heavy atom. The van der Waals surface area contributed by atoms with E-state index in [0.29, 0.717) is 17.0 Å². The quantitative estimate of drug-likeness (QED) is 0.680. The minimum atomic E-state index is -0.662. The Morgan fingerprint density at radius 2 is 2.00 bits per heavy atom. The Morgan fingerprint density at radius 3 is 2.60 bits per heavy atom. The van der Waals surface area contributed by atoms with Crippen molar-refractivity contribution in [3.8, 4) is 0 Å². The Kier molecular flexibility index (Phi) is 4.52. The van der Waals surface area contributed by atoms with Gasteiger partial charge in [0, 0.05) is 5.69 Å². The molecule has 0 saturated heterocycles. The van der Waals surface area contributed by atoms with Gasteiger partial charge in [-0.3, -0.25) is 0 Å². The fourth-order valence-electron chi connectivity index (χ4n) is 1.54. The smallest absolute Gasteiger partial charge is 0.341 e. The summed E-state index contributed by atoms with van der Waals surface area (Å²) in [5.41, 5.74) is 0.858. The first kappa shape index (κ1) is 14.7. The molecule has 2 rings (SSSR count). The number of methoxy groups -OCH3 is 1. The Bertz CT molecular complexity index is 619. The van der Waals surface area contributed by atoms with E-state index in [1.165, 1.54) is 25.5 Å². The van der Waals surface area contributed by atoms with Gasteiger partial charge in [-0.05, 0) is 18.2 Å². The summed E-state index contributed by atoms with van der Waals surface area (Å²) in [6.45, 7) is 0.287. The summed E-state index contributed by atoms with van der Waals surface area (Å²) in [5, 5.41) is 2.81. The summed E-state index contributed by atoms with van der Waals surface area (Å²) < 4.78 is 23.0. The van der Waals surface area contributed by atoms with Crippen LogP contribution in [0.2, 0.25) is 10.0 Å². The van der Waals surface area contributed by atoms with E-state index in [0.717, 1.165) is 0 Å². The monoisotopic (exact) mass is 317 g/mol. The molecule has 7 heteroatoms. The van der Waals surface area contributed by atoms with Gasteiger partial charge < -0.3 is 14.5 Å². The van der Waals surface area contributed by atoms with Gasteiger partial charge >= 0.3 is 5.97 Å². The van der Waals surface area contributed by atoms with Crippen molar-refractivity contribution in [3.05, 3.63) is 51.6 Å². The van der Waals surface area contributed by atoms with Crippen LogP contribution in [0.5, 0.6) is 0 Å². The molecule has 2 aromatic rings. The number of carbonyl (C=O) groups is 1. The molecule has 1 heterocycles. The molecule has 1 N–H and O–H groups in total. The van der Waals surface area contributed by atoms with Crippen LogP contribution in [0.25, 0.3) is 0 Å². The number of rotatable bonds is 4. The maximum absolute atomic E-state index is 13.2. The van der Waals surface area contributed by atoms with Gasteiger partial charge in [-0.15, -0.1) is 0 Å². The molecule has 1 aromatic heterocycles. The fourth-order valence-corrected chi connectivity index (χ4v) is 2.03. The molecule has 0 atom stereocenters. The predicted octanol–water partition coefficient (Wildman–Crippen LogP) is 4.12. The summed E-state index contributed by atoms with van der Waals surface area (Å²) >= 11 is 11.4. The highest BCUT2D eigenvalue weighted by Crippen LogP contribution is 2.27. The highest BCUT2D eigenvalue weighted by molar-refractivity contribution is 6.35. The van der Waals surface area contributed by atoms with Gasteiger partial charge in [0.05, 0.1) is 29.3 Å². The fraction of sp³-hybridized carbons (Fsp3) is 0.154. The maximum Gasteiger partial charge on any atom is 0.341 e. The van der Waals surface area contributed by atoms with E-state index in [-0.39, 0.29) is 16.6 Å². The summed E-state index contributed by atoms with van der Waals surface area (Å²) in [6.07, 6.45) is 1.30. The third kappa shape index (κ3) is 3.23. The first-order valence-corrected chi connectivity index (χ1v) is 6.31. The molecule has 0 amide bonds. The number of carbonyl (C=O) groups excluding carboxylic acids is 1. The van der Waals surface area contributed by atoms with Gasteiger partial charge in [-0.2, -0.15) is 0 Å². The van der Waals surface area contributed by atoms with Gasteiger partial charge in [0.25, 0.3) is 0 Å². The molecule has 1 aromatic carbocycles. The lowest BCUT2D eigenvalue weighted by molar-refractivity contribution is 0.0600. The minimum Gasteiger partial charge on any atom is -0.467 e. The summed E-state index contributed by atoms with van der Waals surface area (Å²) in [7, 11) is 1.29. The number of hydrogen-bond acceptors (Lipinski definition) is 4. The van der Waals surface area contributed by atoms with E-state index in [2.05, 4.69) is 10.1 Å². The number of anilines is 1. The Hall–Kier alpha value is -1.72. The molecular weight excluding hydrogens is 308 g/mol. The van der Waals surface area contributed by atoms with Gasteiger partial charge in [0.15, 0.2) is 5.82 Å². The van der Waals surface area contributed by atoms with Crippen LogP contribution in [0.3, 0.4) is 0 Å². The van der Waals surface area contributed by atoms with Crippen LogP contribution >= 0.6 is 23.2 Å². The van der Waals surface area contributed by atoms with E-state index in [9.17, 15) is 9.18 Å². The van der Waals surface area contributed by atoms with Crippen LogP contribution in [-0.4, -0.2) is 13.1 Å². The molecule has 0 aliphatic carbocycles. The van der Waals surface area contributed by atoms with Crippen molar-refractivity contribution in [2.24, 2.45) is 0 Å². The second kappa shape index (κ2) is 6.15. The number of furan rings is 1. The second-order valence-electron chi connectivity index (χ2n) is 3.90. The lowest BCUT2D eigenvalue weighted by Gasteiger charge is -2.06. The molecule has 0 unspecified atom stereocenters.